The van der Waals surface area contributed by atoms with Gasteiger partial charge in [0.1, 0.15) is 23.6 Å². The van der Waals surface area contributed by atoms with Crippen LogP contribution in [-0.4, -0.2) is 51.8 Å². The molecule has 174 valence electrons. The Kier molecular flexibility index (Phi) is 5.76. The van der Waals surface area contributed by atoms with Gasteiger partial charge in [-0.05, 0) is 54.7 Å². The van der Waals surface area contributed by atoms with E-state index in [0.29, 0.717) is 18.4 Å². The van der Waals surface area contributed by atoms with Crippen molar-refractivity contribution in [2.24, 2.45) is 5.92 Å². The number of piperidine rings is 1. The highest BCUT2D eigenvalue weighted by atomic mass is 19.1. The summed E-state index contributed by atoms with van der Waals surface area (Å²) in [4.78, 5) is 22.9. The van der Waals surface area contributed by atoms with Crippen molar-refractivity contribution >= 4 is 34.2 Å². The fourth-order valence-electron chi connectivity index (χ4n) is 4.82. The lowest BCUT2D eigenvalue weighted by Gasteiger charge is -2.43. The zero-order valence-electron chi connectivity index (χ0n) is 19.8. The number of hydrogen-bond donors (Lipinski definition) is 1. The molecule has 1 N–H and O–H groups in total. The monoisotopic (exact) mass is 449 g/mol. The standard InChI is InChI=1S/C25H32FN7/c1-15(2)19-11-29-24(33-14-21(26)17(33)4)20-12-28-23(10-18(19)20)30-22-7-8-27-25(31-22)32-9-5-6-16(3)13-32/h7-8,10-12,15-17,21H,5-6,9,13-14H2,1-4H3,(H,27,28,30,31). The molecule has 3 aromatic rings. The van der Waals surface area contributed by atoms with E-state index in [1.807, 2.05) is 30.3 Å². The molecule has 0 amide bonds. The fraction of sp³-hybridized carbons (Fsp3) is 0.520. The second-order valence-electron chi connectivity index (χ2n) is 9.78. The number of anilines is 4. The van der Waals surface area contributed by atoms with Crippen molar-refractivity contribution in [1.29, 1.82) is 0 Å². The highest BCUT2D eigenvalue weighted by Gasteiger charge is 2.37. The molecule has 0 radical (unpaired) electrons. The summed E-state index contributed by atoms with van der Waals surface area (Å²) < 4.78 is 13.8. The number of nitrogens with one attached hydrogen (secondary N) is 1. The molecule has 3 atom stereocenters. The number of pyridine rings is 2. The Balaban J connectivity index is 1.46. The first-order chi connectivity index (χ1) is 15.9. The molecule has 0 saturated carbocycles. The number of nitrogens with zero attached hydrogens (tertiary/aromatic N) is 6. The van der Waals surface area contributed by atoms with Crippen LogP contribution >= 0.6 is 0 Å². The van der Waals surface area contributed by atoms with Crippen molar-refractivity contribution in [3.63, 3.8) is 0 Å². The summed E-state index contributed by atoms with van der Waals surface area (Å²) in [6.45, 7) is 10.8. The molecule has 0 aromatic carbocycles. The van der Waals surface area contributed by atoms with Crippen molar-refractivity contribution in [1.82, 2.24) is 19.9 Å². The van der Waals surface area contributed by atoms with Gasteiger partial charge in [0, 0.05) is 37.1 Å². The van der Waals surface area contributed by atoms with Crippen LogP contribution in [0.1, 0.15) is 52.0 Å². The van der Waals surface area contributed by atoms with Gasteiger partial charge in [0.05, 0.1) is 12.6 Å². The van der Waals surface area contributed by atoms with Crippen molar-refractivity contribution < 1.29 is 4.39 Å². The maximum absolute atomic E-state index is 13.8. The molecule has 3 aromatic heterocycles. The van der Waals surface area contributed by atoms with E-state index >= 15 is 0 Å². The predicted octanol–water partition coefficient (Wildman–Crippen LogP) is 5.07. The molecular weight excluding hydrogens is 417 g/mol. The average Bonchev–Trinajstić information content (AvgIpc) is 2.81. The van der Waals surface area contributed by atoms with Crippen LogP contribution in [0.25, 0.3) is 10.8 Å². The Morgan fingerprint density at radius 1 is 1.06 bits per heavy atom. The van der Waals surface area contributed by atoms with Gasteiger partial charge < -0.3 is 15.1 Å². The lowest BCUT2D eigenvalue weighted by atomic mass is 9.97. The molecular formula is C25H32FN7. The van der Waals surface area contributed by atoms with Crippen LogP contribution in [-0.2, 0) is 0 Å². The van der Waals surface area contributed by atoms with Gasteiger partial charge in [0.2, 0.25) is 5.95 Å². The molecule has 2 aliphatic rings. The first kappa shape index (κ1) is 21.8. The molecule has 5 rings (SSSR count). The van der Waals surface area contributed by atoms with Gasteiger partial charge in [0.15, 0.2) is 0 Å². The van der Waals surface area contributed by atoms with Crippen LogP contribution in [0.5, 0.6) is 0 Å². The average molecular weight is 450 g/mol. The number of aromatic nitrogens is 4. The summed E-state index contributed by atoms with van der Waals surface area (Å²) in [6.07, 6.45) is 7.18. The highest BCUT2D eigenvalue weighted by molar-refractivity contribution is 5.96. The quantitative estimate of drug-likeness (QED) is 0.583. The Labute approximate surface area is 194 Å². The van der Waals surface area contributed by atoms with Crippen LogP contribution in [0, 0.1) is 5.92 Å². The fourth-order valence-corrected chi connectivity index (χ4v) is 4.82. The van der Waals surface area contributed by atoms with Gasteiger partial charge in [-0.15, -0.1) is 0 Å². The predicted molar refractivity (Wildman–Crippen MR) is 131 cm³/mol. The largest absolute Gasteiger partial charge is 0.347 e. The SMILES string of the molecule is CC1CCCN(c2nccc(Nc3cc4c(C(C)C)cnc(N5CC(F)C5C)c4cn3)n2)C1. The van der Waals surface area contributed by atoms with E-state index in [4.69, 9.17) is 9.97 Å². The Morgan fingerprint density at radius 3 is 2.64 bits per heavy atom. The molecule has 7 nitrogen and oxygen atoms in total. The number of fused-ring (bicyclic) bond motifs is 1. The van der Waals surface area contributed by atoms with E-state index in [1.165, 1.54) is 12.8 Å². The minimum absolute atomic E-state index is 0.166. The highest BCUT2D eigenvalue weighted by Crippen LogP contribution is 2.36. The third kappa shape index (κ3) is 4.18. The number of halogens is 1. The number of hydrogen-bond acceptors (Lipinski definition) is 7. The number of rotatable bonds is 5. The van der Waals surface area contributed by atoms with Crippen LogP contribution < -0.4 is 15.1 Å². The van der Waals surface area contributed by atoms with E-state index in [9.17, 15) is 4.39 Å². The molecule has 2 fully saturated rings. The second kappa shape index (κ2) is 8.72. The molecule has 3 unspecified atom stereocenters. The maximum Gasteiger partial charge on any atom is 0.227 e. The number of alkyl halides is 1. The van der Waals surface area contributed by atoms with Gasteiger partial charge in [-0.2, -0.15) is 4.98 Å². The molecule has 5 heterocycles. The lowest BCUT2D eigenvalue weighted by molar-refractivity contribution is 0.212. The zero-order chi connectivity index (χ0) is 23.1. The van der Waals surface area contributed by atoms with Gasteiger partial charge in [0.25, 0.3) is 0 Å². The second-order valence-corrected chi connectivity index (χ2v) is 9.78. The molecule has 2 saturated heterocycles. The third-order valence-corrected chi connectivity index (χ3v) is 6.90. The molecule has 8 heteroatoms. The molecule has 2 aliphatic heterocycles. The van der Waals surface area contributed by atoms with E-state index in [0.717, 1.165) is 52.8 Å². The van der Waals surface area contributed by atoms with E-state index in [-0.39, 0.29) is 6.04 Å². The van der Waals surface area contributed by atoms with Crippen LogP contribution in [0.4, 0.5) is 27.8 Å². The third-order valence-electron chi connectivity index (χ3n) is 6.90. The smallest absolute Gasteiger partial charge is 0.227 e. The first-order valence-electron chi connectivity index (χ1n) is 11.9. The van der Waals surface area contributed by atoms with Crippen molar-refractivity contribution in [3.8, 4) is 0 Å². The minimum Gasteiger partial charge on any atom is -0.347 e. The van der Waals surface area contributed by atoms with Gasteiger partial charge in [-0.25, -0.2) is 19.3 Å². The summed E-state index contributed by atoms with van der Waals surface area (Å²) in [5, 5.41) is 5.40. The lowest BCUT2D eigenvalue weighted by Crippen LogP contribution is -2.57. The summed E-state index contributed by atoms with van der Waals surface area (Å²) >= 11 is 0. The van der Waals surface area contributed by atoms with Crippen LogP contribution in [0.2, 0.25) is 0 Å². The van der Waals surface area contributed by atoms with Crippen molar-refractivity contribution in [2.45, 2.75) is 58.7 Å². The maximum atomic E-state index is 13.8. The Hall–Kier alpha value is -3.03. The summed E-state index contributed by atoms with van der Waals surface area (Å²) in [5.74, 6) is 3.96. The van der Waals surface area contributed by atoms with E-state index in [1.54, 1.807) is 6.20 Å². The summed E-state index contributed by atoms with van der Waals surface area (Å²) in [6, 6.07) is 3.76. The molecule has 0 bridgehead atoms. The van der Waals surface area contributed by atoms with Crippen molar-refractivity contribution in [3.05, 3.63) is 36.3 Å². The molecule has 0 aliphatic carbocycles. The Morgan fingerprint density at radius 2 is 1.91 bits per heavy atom. The van der Waals surface area contributed by atoms with Crippen LogP contribution in [0.3, 0.4) is 0 Å². The topological polar surface area (TPSA) is 70.1 Å². The van der Waals surface area contributed by atoms with Crippen molar-refractivity contribution in [2.75, 3.05) is 34.8 Å². The normalized spacial score (nSPS) is 23.2. The van der Waals surface area contributed by atoms with E-state index in [2.05, 4.69) is 47.0 Å². The van der Waals surface area contributed by atoms with Gasteiger partial charge in [-0.3, -0.25) is 0 Å². The molecule has 0 spiro atoms. The van der Waals surface area contributed by atoms with E-state index < -0.39 is 6.17 Å². The molecule has 33 heavy (non-hydrogen) atoms. The summed E-state index contributed by atoms with van der Waals surface area (Å²) in [5.41, 5.74) is 1.15. The van der Waals surface area contributed by atoms with Crippen LogP contribution in [0.15, 0.2) is 30.7 Å². The first-order valence-corrected chi connectivity index (χ1v) is 11.9. The van der Waals surface area contributed by atoms with Gasteiger partial charge in [-0.1, -0.05) is 20.8 Å². The minimum atomic E-state index is -0.810. The Bertz CT molecular complexity index is 1150. The zero-order valence-corrected chi connectivity index (χ0v) is 19.8. The van der Waals surface area contributed by atoms with Gasteiger partial charge >= 0.3 is 0 Å². The summed E-state index contributed by atoms with van der Waals surface area (Å²) in [7, 11) is 0.